The summed E-state index contributed by atoms with van der Waals surface area (Å²) in [6.07, 6.45) is 2.89. The van der Waals surface area contributed by atoms with Gasteiger partial charge in [0.15, 0.2) is 0 Å². The molecule has 0 bridgehead atoms. The minimum absolute atomic E-state index is 0.132. The molecular formula is C26H22ClN4O. The first-order valence-corrected chi connectivity index (χ1v) is 11.1. The normalized spacial score (nSPS) is 13.5. The number of fused-ring (bicyclic) bond motifs is 1. The van der Waals surface area contributed by atoms with Crippen LogP contribution in [0.5, 0.6) is 0 Å². The summed E-state index contributed by atoms with van der Waals surface area (Å²) in [5, 5.41) is 5.47. The average Bonchev–Trinajstić information content (AvgIpc) is 3.35. The number of benzene rings is 3. The molecule has 2 heterocycles. The predicted octanol–water partition coefficient (Wildman–Crippen LogP) is 5.53. The van der Waals surface area contributed by atoms with E-state index in [-0.39, 0.29) is 5.91 Å². The second-order valence-corrected chi connectivity index (χ2v) is 8.32. The third-order valence-electron chi connectivity index (χ3n) is 5.67. The smallest absolute Gasteiger partial charge is 0.255 e. The van der Waals surface area contributed by atoms with Gasteiger partial charge in [0.1, 0.15) is 16.8 Å². The van der Waals surface area contributed by atoms with Crippen LogP contribution in [-0.2, 0) is 6.42 Å². The molecule has 32 heavy (non-hydrogen) atoms. The van der Waals surface area contributed by atoms with Gasteiger partial charge < -0.3 is 10.2 Å². The van der Waals surface area contributed by atoms with Gasteiger partial charge in [0, 0.05) is 30.8 Å². The van der Waals surface area contributed by atoms with Crippen LogP contribution >= 0.6 is 11.6 Å². The lowest BCUT2D eigenvalue weighted by Crippen LogP contribution is -2.20. The Hall–Kier alpha value is -3.44. The van der Waals surface area contributed by atoms with Crippen molar-refractivity contribution in [2.45, 2.75) is 19.3 Å². The standard InChI is InChI=1S/C26H22ClN4O/c27-23-17-25(31-13-3-4-14-31)30-24(29-23)15-18-7-11-22(12-8-18)28-26(32)21-10-9-19-5-1-2-6-20(19)16-21/h1-2,5-12,16H,3-4,13-15H2,(H,28,32). The molecule has 159 valence electrons. The Kier molecular flexibility index (Phi) is 5.73. The molecule has 1 N–H and O–H groups in total. The molecule has 1 fully saturated rings. The largest absolute Gasteiger partial charge is 0.356 e. The number of amides is 1. The van der Waals surface area contributed by atoms with E-state index in [9.17, 15) is 4.79 Å². The second kappa shape index (κ2) is 8.97. The van der Waals surface area contributed by atoms with Crippen LogP contribution < -0.4 is 10.2 Å². The Balaban J connectivity index is 1.27. The van der Waals surface area contributed by atoms with Crippen molar-refractivity contribution in [3.63, 3.8) is 0 Å². The van der Waals surface area contributed by atoms with Crippen LogP contribution in [0.2, 0.25) is 5.15 Å². The van der Waals surface area contributed by atoms with Crippen molar-refractivity contribution in [1.29, 1.82) is 0 Å². The fraction of sp³-hybridized carbons (Fsp3) is 0.192. The second-order valence-electron chi connectivity index (χ2n) is 7.96. The van der Waals surface area contributed by atoms with E-state index in [1.54, 1.807) is 0 Å². The molecule has 0 atom stereocenters. The lowest BCUT2D eigenvalue weighted by atomic mass is 10.1. The van der Waals surface area contributed by atoms with Gasteiger partial charge in [-0.25, -0.2) is 9.97 Å². The molecule has 1 aliphatic heterocycles. The first kappa shape index (κ1) is 20.5. The van der Waals surface area contributed by atoms with Gasteiger partial charge in [0.25, 0.3) is 5.91 Å². The van der Waals surface area contributed by atoms with Crippen molar-refractivity contribution in [3.8, 4) is 0 Å². The van der Waals surface area contributed by atoms with Crippen molar-refractivity contribution in [2.24, 2.45) is 0 Å². The van der Waals surface area contributed by atoms with E-state index in [4.69, 9.17) is 11.6 Å². The molecule has 1 saturated heterocycles. The molecule has 0 aliphatic carbocycles. The minimum atomic E-state index is -0.132. The maximum atomic E-state index is 12.7. The van der Waals surface area contributed by atoms with Gasteiger partial charge in [-0.15, -0.1) is 0 Å². The zero-order chi connectivity index (χ0) is 21.9. The number of carbonyl (C=O) groups is 1. The fourth-order valence-electron chi connectivity index (χ4n) is 3.99. The number of rotatable bonds is 5. The lowest BCUT2D eigenvalue weighted by molar-refractivity contribution is 0.102. The van der Waals surface area contributed by atoms with Gasteiger partial charge in [-0.05, 0) is 53.4 Å². The molecule has 6 heteroatoms. The van der Waals surface area contributed by atoms with E-state index in [0.717, 1.165) is 53.8 Å². The summed E-state index contributed by atoms with van der Waals surface area (Å²) >= 11 is 6.19. The van der Waals surface area contributed by atoms with Crippen LogP contribution in [-0.4, -0.2) is 29.0 Å². The van der Waals surface area contributed by atoms with Gasteiger partial charge in [-0.3, -0.25) is 4.79 Å². The molecule has 5 rings (SSSR count). The van der Waals surface area contributed by atoms with E-state index in [2.05, 4.69) is 26.3 Å². The SMILES string of the molecule is O=C(Nc1ccc(Cc2nc(Cl)[c]c(N3CCCC3)n2)cc1)c1ccc2ccccc2c1. The zero-order valence-electron chi connectivity index (χ0n) is 17.5. The maximum absolute atomic E-state index is 12.7. The molecule has 3 aromatic carbocycles. The summed E-state index contributed by atoms with van der Waals surface area (Å²) in [4.78, 5) is 23.9. The van der Waals surface area contributed by atoms with Gasteiger partial charge in [0.2, 0.25) is 0 Å². The summed E-state index contributed by atoms with van der Waals surface area (Å²) in [5.41, 5.74) is 2.42. The summed E-state index contributed by atoms with van der Waals surface area (Å²) in [7, 11) is 0. The molecule has 0 unspecified atom stereocenters. The first-order chi connectivity index (χ1) is 15.6. The van der Waals surface area contributed by atoms with E-state index in [0.29, 0.717) is 23.0 Å². The highest BCUT2D eigenvalue weighted by Gasteiger charge is 2.16. The zero-order valence-corrected chi connectivity index (χ0v) is 18.3. The van der Waals surface area contributed by atoms with Crippen LogP contribution in [0, 0.1) is 6.07 Å². The number of nitrogens with one attached hydrogen (secondary N) is 1. The van der Waals surface area contributed by atoms with Crippen LogP contribution in [0.3, 0.4) is 0 Å². The lowest BCUT2D eigenvalue weighted by Gasteiger charge is -2.16. The third kappa shape index (κ3) is 4.58. The Bertz CT molecular complexity index is 1270. The van der Waals surface area contributed by atoms with Crippen LogP contribution in [0.25, 0.3) is 10.8 Å². The Morgan fingerprint density at radius 2 is 1.72 bits per heavy atom. The average molecular weight is 442 g/mol. The Morgan fingerprint density at radius 3 is 2.50 bits per heavy atom. The van der Waals surface area contributed by atoms with E-state index >= 15 is 0 Å². The molecule has 0 spiro atoms. The number of hydrogen-bond acceptors (Lipinski definition) is 4. The van der Waals surface area contributed by atoms with Crippen LogP contribution in [0.1, 0.15) is 34.6 Å². The van der Waals surface area contributed by atoms with E-state index < -0.39 is 0 Å². The fourth-order valence-corrected chi connectivity index (χ4v) is 4.17. The summed E-state index contributed by atoms with van der Waals surface area (Å²) in [6, 6.07) is 24.5. The molecule has 1 amide bonds. The van der Waals surface area contributed by atoms with Crippen molar-refractivity contribution in [1.82, 2.24) is 9.97 Å². The summed E-state index contributed by atoms with van der Waals surface area (Å²) in [5.74, 6) is 1.31. The van der Waals surface area contributed by atoms with E-state index in [1.165, 1.54) is 0 Å². The number of hydrogen-bond donors (Lipinski definition) is 1. The van der Waals surface area contributed by atoms with Crippen molar-refractivity contribution >= 4 is 39.8 Å². The molecule has 1 radical (unpaired) electrons. The summed E-state index contributed by atoms with van der Waals surface area (Å²) in [6.45, 7) is 1.96. The first-order valence-electron chi connectivity index (χ1n) is 10.7. The van der Waals surface area contributed by atoms with Crippen LogP contribution in [0.15, 0.2) is 66.7 Å². The Morgan fingerprint density at radius 1 is 0.969 bits per heavy atom. The third-order valence-corrected chi connectivity index (χ3v) is 5.85. The van der Waals surface area contributed by atoms with Crippen molar-refractivity contribution in [2.75, 3.05) is 23.3 Å². The number of carbonyl (C=O) groups excluding carboxylic acids is 1. The summed E-state index contributed by atoms with van der Waals surface area (Å²) < 4.78 is 0. The topological polar surface area (TPSA) is 58.1 Å². The van der Waals surface area contributed by atoms with Gasteiger partial charge in [-0.2, -0.15) is 0 Å². The van der Waals surface area contributed by atoms with Crippen LogP contribution in [0.4, 0.5) is 11.5 Å². The quantitative estimate of drug-likeness (QED) is 0.414. The number of aromatic nitrogens is 2. The monoisotopic (exact) mass is 441 g/mol. The molecule has 0 saturated carbocycles. The number of anilines is 2. The van der Waals surface area contributed by atoms with Crippen molar-refractivity contribution in [3.05, 3.63) is 94.9 Å². The highest BCUT2D eigenvalue weighted by atomic mass is 35.5. The highest BCUT2D eigenvalue weighted by Crippen LogP contribution is 2.22. The molecular weight excluding hydrogens is 420 g/mol. The van der Waals surface area contributed by atoms with Gasteiger partial charge in [0.05, 0.1) is 6.07 Å². The molecule has 4 aromatic rings. The molecule has 5 nitrogen and oxygen atoms in total. The van der Waals surface area contributed by atoms with Gasteiger partial charge in [-0.1, -0.05) is 54.1 Å². The predicted molar refractivity (Wildman–Crippen MR) is 128 cm³/mol. The van der Waals surface area contributed by atoms with E-state index in [1.807, 2.05) is 66.7 Å². The van der Waals surface area contributed by atoms with Crippen molar-refractivity contribution < 1.29 is 4.79 Å². The number of halogens is 1. The maximum Gasteiger partial charge on any atom is 0.255 e. The number of nitrogens with zero attached hydrogens (tertiary/aromatic N) is 3. The minimum Gasteiger partial charge on any atom is -0.356 e. The molecule has 1 aromatic heterocycles. The van der Waals surface area contributed by atoms with Gasteiger partial charge >= 0.3 is 0 Å². The Labute approximate surface area is 192 Å². The highest BCUT2D eigenvalue weighted by molar-refractivity contribution is 6.29. The molecule has 1 aliphatic rings.